The second-order valence-electron chi connectivity index (χ2n) is 8.74. The van der Waals surface area contributed by atoms with Gasteiger partial charge in [-0.3, -0.25) is 30.1 Å². The lowest BCUT2D eigenvalue weighted by Crippen LogP contribution is -2.78. The minimum Gasteiger partial charge on any atom is -0.446 e. The van der Waals surface area contributed by atoms with Crippen LogP contribution in [-0.2, 0) is 15.8 Å². The minimum absolute atomic E-state index is 0.0754. The summed E-state index contributed by atoms with van der Waals surface area (Å²) in [7, 11) is 0. The van der Waals surface area contributed by atoms with Crippen LogP contribution in [0.5, 0.6) is 0 Å². The van der Waals surface area contributed by atoms with Gasteiger partial charge in [0.25, 0.3) is 5.91 Å². The summed E-state index contributed by atoms with van der Waals surface area (Å²) in [6.45, 7) is -0.239. The lowest BCUT2D eigenvalue weighted by molar-refractivity contribution is -0.153. The lowest BCUT2D eigenvalue weighted by atomic mass is 9.87. The molecule has 1 aromatic rings. The lowest BCUT2D eigenvalue weighted by Gasteiger charge is -2.49. The van der Waals surface area contributed by atoms with Crippen molar-refractivity contribution < 1.29 is 37.1 Å². The van der Waals surface area contributed by atoms with Crippen molar-refractivity contribution in [1.82, 2.24) is 31.1 Å². The summed E-state index contributed by atoms with van der Waals surface area (Å²) in [4.78, 5) is 39.2. The van der Waals surface area contributed by atoms with Crippen molar-refractivity contribution in [2.75, 3.05) is 13.1 Å². The first-order valence-corrected chi connectivity index (χ1v) is 10.7. The van der Waals surface area contributed by atoms with Crippen molar-refractivity contribution >= 4 is 29.6 Å². The molecule has 4 fully saturated rings. The molecule has 0 aliphatic carbocycles. The van der Waals surface area contributed by atoms with Crippen molar-refractivity contribution in [3.05, 3.63) is 23.7 Å². The first-order chi connectivity index (χ1) is 16.4. The van der Waals surface area contributed by atoms with Gasteiger partial charge in [0.15, 0.2) is 23.3 Å². The first-order valence-electron chi connectivity index (χ1n) is 10.7. The number of imide groups is 1. The molecule has 16 heteroatoms. The van der Waals surface area contributed by atoms with Crippen molar-refractivity contribution in [2.45, 2.75) is 48.9 Å². The third kappa shape index (κ3) is 3.46. The van der Waals surface area contributed by atoms with Crippen LogP contribution in [0.2, 0.25) is 0 Å². The number of rotatable bonds is 4. The third-order valence-corrected chi connectivity index (χ3v) is 6.71. The Bertz CT molecular complexity index is 1120. The van der Waals surface area contributed by atoms with E-state index in [1.807, 2.05) is 0 Å². The largest absolute Gasteiger partial charge is 0.449 e. The number of carbonyl (C=O) groups is 3. The molecule has 13 nitrogen and oxygen atoms in total. The SMILES string of the molecule is N=C1NC2C(CN3C(=O)CCC3=O)NC(=N)N3CC(NC(=O)c4ccc(C(F)(F)F)o4)C(O)C23N1. The Morgan fingerprint density at radius 1 is 1.23 bits per heavy atom. The van der Waals surface area contributed by atoms with Crippen LogP contribution in [0.1, 0.15) is 29.2 Å². The maximum Gasteiger partial charge on any atom is 0.449 e. The smallest absolute Gasteiger partial charge is 0.446 e. The summed E-state index contributed by atoms with van der Waals surface area (Å²) >= 11 is 0. The second kappa shape index (κ2) is 7.59. The molecule has 4 aliphatic heterocycles. The van der Waals surface area contributed by atoms with E-state index >= 15 is 0 Å². The summed E-state index contributed by atoms with van der Waals surface area (Å²) in [5, 5.41) is 38.8. The van der Waals surface area contributed by atoms with Crippen LogP contribution in [0.15, 0.2) is 16.5 Å². The van der Waals surface area contributed by atoms with E-state index in [4.69, 9.17) is 10.8 Å². The Hall–Kier alpha value is -3.82. The Labute approximate surface area is 195 Å². The average Bonchev–Trinajstić information content (AvgIpc) is 3.53. The highest BCUT2D eigenvalue weighted by Crippen LogP contribution is 2.38. The molecular formula is C19H21F3N8O5. The summed E-state index contributed by atoms with van der Waals surface area (Å²) in [5.74, 6) is -4.06. The van der Waals surface area contributed by atoms with Crippen LogP contribution in [0.3, 0.4) is 0 Å². The molecule has 35 heavy (non-hydrogen) atoms. The standard InChI is InChI=1S/C19H21F3N8O5/c20-19(21,22)10-2-1-9(35-10)15(34)25-8-6-30-17(24)26-7(5-29-11(31)3-4-12(29)32)13-18(30,14(8)33)28-16(23)27-13/h1-2,7-8,13-14,33H,3-6H2,(H2,24,26)(H,25,34)(H3,23,27,28). The van der Waals surface area contributed by atoms with E-state index in [1.54, 1.807) is 0 Å². The van der Waals surface area contributed by atoms with Crippen molar-refractivity contribution in [3.8, 4) is 0 Å². The molecule has 0 bridgehead atoms. The van der Waals surface area contributed by atoms with Crippen LogP contribution < -0.4 is 21.3 Å². The molecule has 5 atom stereocenters. The molecule has 0 saturated carbocycles. The van der Waals surface area contributed by atoms with Gasteiger partial charge in [-0.05, 0) is 12.1 Å². The van der Waals surface area contributed by atoms with E-state index in [0.29, 0.717) is 6.07 Å². The quantitative estimate of drug-likeness (QED) is 0.238. The number of hydrogen-bond acceptors (Lipinski definition) is 7. The average molecular weight is 498 g/mol. The van der Waals surface area contributed by atoms with Crippen LogP contribution in [-0.4, -0.2) is 87.5 Å². The molecular weight excluding hydrogens is 477 g/mol. The molecule has 0 aromatic carbocycles. The maximum atomic E-state index is 12.8. The zero-order valence-electron chi connectivity index (χ0n) is 17.9. The van der Waals surface area contributed by atoms with Crippen LogP contribution in [0, 0.1) is 10.8 Å². The van der Waals surface area contributed by atoms with Crippen LogP contribution >= 0.6 is 0 Å². The monoisotopic (exact) mass is 498 g/mol. The van der Waals surface area contributed by atoms with E-state index in [2.05, 4.69) is 25.7 Å². The molecule has 5 rings (SSSR count). The zero-order chi connectivity index (χ0) is 25.3. The van der Waals surface area contributed by atoms with Gasteiger partial charge in [-0.1, -0.05) is 0 Å². The van der Waals surface area contributed by atoms with E-state index in [-0.39, 0.29) is 49.7 Å². The second-order valence-corrected chi connectivity index (χ2v) is 8.74. The highest BCUT2D eigenvalue weighted by molar-refractivity contribution is 6.02. The number of alkyl halides is 3. The fourth-order valence-corrected chi connectivity index (χ4v) is 5.16. The van der Waals surface area contributed by atoms with E-state index < -0.39 is 53.5 Å². The molecule has 0 radical (unpaired) electrons. The third-order valence-electron chi connectivity index (χ3n) is 6.71. The Morgan fingerprint density at radius 3 is 2.54 bits per heavy atom. The summed E-state index contributed by atoms with van der Waals surface area (Å²) in [6.07, 6.45) is -6.07. The van der Waals surface area contributed by atoms with Gasteiger partial charge >= 0.3 is 6.18 Å². The maximum absolute atomic E-state index is 12.8. The van der Waals surface area contributed by atoms with Crippen molar-refractivity contribution in [2.24, 2.45) is 0 Å². The van der Waals surface area contributed by atoms with Crippen molar-refractivity contribution in [1.29, 1.82) is 10.8 Å². The number of amides is 3. The molecule has 4 aliphatic rings. The summed E-state index contributed by atoms with van der Waals surface area (Å²) in [5.41, 5.74) is -1.51. The summed E-state index contributed by atoms with van der Waals surface area (Å²) < 4.78 is 43.0. The van der Waals surface area contributed by atoms with Gasteiger partial charge in [0.1, 0.15) is 6.10 Å². The van der Waals surface area contributed by atoms with Gasteiger partial charge in [0.05, 0.1) is 24.7 Å². The zero-order valence-corrected chi connectivity index (χ0v) is 17.9. The number of nitrogens with one attached hydrogen (secondary N) is 6. The van der Waals surface area contributed by atoms with Gasteiger partial charge in [0, 0.05) is 19.4 Å². The Balaban J connectivity index is 1.39. The van der Waals surface area contributed by atoms with Gasteiger partial charge in [-0.25, -0.2) is 0 Å². The van der Waals surface area contributed by atoms with E-state index in [0.717, 1.165) is 11.0 Å². The normalized spacial score (nSPS) is 32.2. The number of carbonyl (C=O) groups excluding carboxylic acids is 3. The Morgan fingerprint density at radius 2 is 1.91 bits per heavy atom. The Kier molecular flexibility index (Phi) is 4.98. The number of halogens is 3. The van der Waals surface area contributed by atoms with E-state index in [9.17, 15) is 32.7 Å². The molecule has 5 heterocycles. The number of guanidine groups is 2. The van der Waals surface area contributed by atoms with E-state index in [1.165, 1.54) is 4.90 Å². The molecule has 4 saturated heterocycles. The number of nitrogens with zero attached hydrogens (tertiary/aromatic N) is 2. The fraction of sp³-hybridized carbons (Fsp3) is 0.526. The molecule has 3 amide bonds. The number of furan rings is 1. The highest BCUT2D eigenvalue weighted by atomic mass is 19.4. The molecule has 1 spiro atoms. The van der Waals surface area contributed by atoms with Gasteiger partial charge in [-0.2, -0.15) is 13.2 Å². The van der Waals surface area contributed by atoms with Gasteiger partial charge in [0.2, 0.25) is 17.6 Å². The highest BCUT2D eigenvalue weighted by Gasteiger charge is 2.67. The predicted octanol–water partition coefficient (Wildman–Crippen LogP) is -1.68. The molecule has 1 aromatic heterocycles. The van der Waals surface area contributed by atoms with Gasteiger partial charge < -0.3 is 35.7 Å². The predicted molar refractivity (Wildman–Crippen MR) is 109 cm³/mol. The summed E-state index contributed by atoms with van der Waals surface area (Å²) in [6, 6.07) is -1.16. The molecule has 5 unspecified atom stereocenters. The number of aliphatic hydroxyl groups is 1. The number of likely N-dealkylation sites (tertiary alicyclic amines) is 1. The van der Waals surface area contributed by atoms with Crippen LogP contribution in [0.25, 0.3) is 0 Å². The van der Waals surface area contributed by atoms with Crippen LogP contribution in [0.4, 0.5) is 13.2 Å². The van der Waals surface area contributed by atoms with Crippen molar-refractivity contribution in [3.63, 3.8) is 0 Å². The van der Waals surface area contributed by atoms with Gasteiger partial charge in [-0.15, -0.1) is 0 Å². The fourth-order valence-electron chi connectivity index (χ4n) is 5.16. The molecule has 7 N–H and O–H groups in total. The number of aliphatic hydroxyl groups excluding tert-OH is 1. The minimum atomic E-state index is -4.77. The topological polar surface area (TPSA) is 187 Å². The number of hydrogen-bond donors (Lipinski definition) is 7. The first kappa shape index (κ1) is 22.9. The molecule has 188 valence electrons.